The monoisotopic (exact) mass is 292 g/mol. The van der Waals surface area contributed by atoms with E-state index >= 15 is 0 Å². The number of aliphatic hydroxyl groups is 1. The SMILES string of the molecule is CCNc1nc(C(C)C)nc(NCC2CCC(O)C2)c1C. The first-order valence-corrected chi connectivity index (χ1v) is 8.05. The number of nitrogens with one attached hydrogen (secondary N) is 2. The second kappa shape index (κ2) is 7.07. The third-order valence-electron chi connectivity index (χ3n) is 4.10. The molecule has 0 spiro atoms. The van der Waals surface area contributed by atoms with E-state index in [1.807, 2.05) is 6.92 Å². The highest BCUT2D eigenvalue weighted by Crippen LogP contribution is 2.27. The Hall–Kier alpha value is -1.36. The van der Waals surface area contributed by atoms with Crippen molar-refractivity contribution in [2.75, 3.05) is 23.7 Å². The Morgan fingerprint density at radius 1 is 1.19 bits per heavy atom. The fourth-order valence-corrected chi connectivity index (χ4v) is 2.78. The van der Waals surface area contributed by atoms with Crippen molar-refractivity contribution in [2.45, 2.75) is 59.0 Å². The van der Waals surface area contributed by atoms with E-state index in [1.54, 1.807) is 0 Å². The first kappa shape index (κ1) is 16.0. The van der Waals surface area contributed by atoms with Crippen LogP contribution in [0.4, 0.5) is 11.6 Å². The molecule has 118 valence electrons. The molecule has 3 N–H and O–H groups in total. The molecule has 1 aromatic heterocycles. The molecule has 2 atom stereocenters. The van der Waals surface area contributed by atoms with Crippen LogP contribution in [0.25, 0.3) is 0 Å². The molecule has 1 aliphatic rings. The van der Waals surface area contributed by atoms with Crippen molar-refractivity contribution in [1.29, 1.82) is 0 Å². The van der Waals surface area contributed by atoms with Gasteiger partial charge in [0, 0.05) is 24.6 Å². The molecule has 1 saturated carbocycles. The number of aliphatic hydroxyl groups excluding tert-OH is 1. The van der Waals surface area contributed by atoms with Crippen LogP contribution in [0.3, 0.4) is 0 Å². The first-order valence-electron chi connectivity index (χ1n) is 8.05. The van der Waals surface area contributed by atoms with Crippen molar-refractivity contribution in [2.24, 2.45) is 5.92 Å². The second-order valence-electron chi connectivity index (χ2n) is 6.30. The predicted molar refractivity (Wildman–Crippen MR) is 86.9 cm³/mol. The minimum absolute atomic E-state index is 0.119. The molecule has 1 aliphatic carbocycles. The zero-order valence-corrected chi connectivity index (χ0v) is 13.6. The molecule has 1 fully saturated rings. The van der Waals surface area contributed by atoms with Gasteiger partial charge in [0.1, 0.15) is 17.5 Å². The maximum atomic E-state index is 9.62. The molecule has 0 saturated heterocycles. The van der Waals surface area contributed by atoms with Gasteiger partial charge in [0.25, 0.3) is 0 Å². The lowest BCUT2D eigenvalue weighted by atomic mass is 10.1. The summed E-state index contributed by atoms with van der Waals surface area (Å²) in [5.41, 5.74) is 1.07. The Balaban J connectivity index is 2.12. The third kappa shape index (κ3) is 4.06. The Kier molecular flexibility index (Phi) is 5.39. The van der Waals surface area contributed by atoms with E-state index in [9.17, 15) is 5.11 Å². The molecule has 21 heavy (non-hydrogen) atoms. The molecule has 2 rings (SSSR count). The molecule has 1 heterocycles. The normalized spacial score (nSPS) is 21.8. The van der Waals surface area contributed by atoms with Crippen LogP contribution in [-0.4, -0.2) is 34.3 Å². The Labute approximate surface area is 127 Å². The average Bonchev–Trinajstić information content (AvgIpc) is 2.85. The second-order valence-corrected chi connectivity index (χ2v) is 6.30. The maximum absolute atomic E-state index is 9.62. The number of rotatable bonds is 6. The van der Waals surface area contributed by atoms with Gasteiger partial charge in [0.2, 0.25) is 0 Å². The first-order chi connectivity index (χ1) is 10.0. The fourth-order valence-electron chi connectivity index (χ4n) is 2.78. The smallest absolute Gasteiger partial charge is 0.135 e. The van der Waals surface area contributed by atoms with Crippen LogP contribution in [0.2, 0.25) is 0 Å². The minimum atomic E-state index is -0.119. The summed E-state index contributed by atoms with van der Waals surface area (Å²) < 4.78 is 0. The van der Waals surface area contributed by atoms with Gasteiger partial charge in [0.15, 0.2) is 0 Å². The van der Waals surface area contributed by atoms with E-state index in [1.165, 1.54) is 0 Å². The van der Waals surface area contributed by atoms with Crippen LogP contribution >= 0.6 is 0 Å². The summed E-state index contributed by atoms with van der Waals surface area (Å²) in [5.74, 6) is 3.55. The number of nitrogens with zero attached hydrogens (tertiary/aromatic N) is 2. The van der Waals surface area contributed by atoms with E-state index in [2.05, 4.69) is 41.4 Å². The predicted octanol–water partition coefficient (Wildman–Crippen LogP) is 2.91. The van der Waals surface area contributed by atoms with E-state index in [0.717, 1.165) is 55.4 Å². The molecular weight excluding hydrogens is 264 g/mol. The zero-order chi connectivity index (χ0) is 15.4. The Bertz CT molecular complexity index is 476. The minimum Gasteiger partial charge on any atom is -0.393 e. The summed E-state index contributed by atoms with van der Waals surface area (Å²) in [6.07, 6.45) is 2.80. The summed E-state index contributed by atoms with van der Waals surface area (Å²) in [6, 6.07) is 0. The van der Waals surface area contributed by atoms with Crippen molar-refractivity contribution in [3.8, 4) is 0 Å². The van der Waals surface area contributed by atoms with E-state index in [0.29, 0.717) is 11.8 Å². The highest BCUT2D eigenvalue weighted by atomic mass is 16.3. The summed E-state index contributed by atoms with van der Waals surface area (Å²) >= 11 is 0. The van der Waals surface area contributed by atoms with Crippen LogP contribution in [0, 0.1) is 12.8 Å². The van der Waals surface area contributed by atoms with Gasteiger partial charge in [-0.2, -0.15) is 0 Å². The standard InChI is InChI=1S/C16H28N4O/c1-5-17-15-11(4)16(20-14(19-15)10(2)3)18-9-12-6-7-13(21)8-12/h10,12-13,21H,5-9H2,1-4H3,(H2,17,18,19,20). The van der Waals surface area contributed by atoms with E-state index < -0.39 is 0 Å². The number of anilines is 2. The Morgan fingerprint density at radius 2 is 1.86 bits per heavy atom. The van der Waals surface area contributed by atoms with Crippen LogP contribution < -0.4 is 10.6 Å². The fraction of sp³-hybridized carbons (Fsp3) is 0.750. The summed E-state index contributed by atoms with van der Waals surface area (Å²) in [4.78, 5) is 9.28. The van der Waals surface area contributed by atoms with Crippen molar-refractivity contribution >= 4 is 11.6 Å². The molecule has 0 bridgehead atoms. The lowest BCUT2D eigenvalue weighted by molar-refractivity contribution is 0.178. The van der Waals surface area contributed by atoms with Gasteiger partial charge in [-0.1, -0.05) is 13.8 Å². The molecule has 0 radical (unpaired) electrons. The molecular formula is C16H28N4O. The van der Waals surface area contributed by atoms with Crippen LogP contribution in [0.15, 0.2) is 0 Å². The average molecular weight is 292 g/mol. The zero-order valence-electron chi connectivity index (χ0n) is 13.6. The molecule has 1 aromatic rings. The van der Waals surface area contributed by atoms with Gasteiger partial charge in [-0.3, -0.25) is 0 Å². The van der Waals surface area contributed by atoms with Gasteiger partial charge in [-0.15, -0.1) is 0 Å². The third-order valence-corrected chi connectivity index (χ3v) is 4.10. The number of aromatic nitrogens is 2. The van der Waals surface area contributed by atoms with Crippen LogP contribution in [0.1, 0.15) is 57.3 Å². The lowest BCUT2D eigenvalue weighted by Gasteiger charge is -2.17. The van der Waals surface area contributed by atoms with Crippen molar-refractivity contribution < 1.29 is 5.11 Å². The Morgan fingerprint density at radius 3 is 2.38 bits per heavy atom. The molecule has 0 aromatic carbocycles. The van der Waals surface area contributed by atoms with E-state index in [4.69, 9.17) is 0 Å². The molecule has 0 aliphatic heterocycles. The summed E-state index contributed by atoms with van der Waals surface area (Å²) in [5, 5.41) is 16.4. The van der Waals surface area contributed by atoms with Crippen molar-refractivity contribution in [3.63, 3.8) is 0 Å². The molecule has 0 amide bonds. The largest absolute Gasteiger partial charge is 0.393 e. The molecule has 2 unspecified atom stereocenters. The highest BCUT2D eigenvalue weighted by molar-refractivity contribution is 5.57. The van der Waals surface area contributed by atoms with Gasteiger partial charge >= 0.3 is 0 Å². The maximum Gasteiger partial charge on any atom is 0.135 e. The summed E-state index contributed by atoms with van der Waals surface area (Å²) in [6.45, 7) is 10.1. The lowest BCUT2D eigenvalue weighted by Crippen LogP contribution is -2.17. The highest BCUT2D eigenvalue weighted by Gasteiger charge is 2.23. The number of hydrogen-bond acceptors (Lipinski definition) is 5. The molecule has 5 heteroatoms. The van der Waals surface area contributed by atoms with Gasteiger partial charge in [0.05, 0.1) is 6.10 Å². The van der Waals surface area contributed by atoms with Crippen molar-refractivity contribution in [3.05, 3.63) is 11.4 Å². The molecule has 5 nitrogen and oxygen atoms in total. The van der Waals surface area contributed by atoms with Crippen molar-refractivity contribution in [1.82, 2.24) is 9.97 Å². The summed E-state index contributed by atoms with van der Waals surface area (Å²) in [7, 11) is 0. The topological polar surface area (TPSA) is 70.1 Å². The van der Waals surface area contributed by atoms with Gasteiger partial charge < -0.3 is 15.7 Å². The number of hydrogen-bond donors (Lipinski definition) is 3. The van der Waals surface area contributed by atoms with Gasteiger partial charge in [-0.05, 0) is 39.0 Å². The quantitative estimate of drug-likeness (QED) is 0.752. The van der Waals surface area contributed by atoms with Crippen LogP contribution in [0.5, 0.6) is 0 Å². The van der Waals surface area contributed by atoms with E-state index in [-0.39, 0.29) is 6.10 Å². The van der Waals surface area contributed by atoms with Gasteiger partial charge in [-0.25, -0.2) is 9.97 Å². The van der Waals surface area contributed by atoms with Crippen LogP contribution in [-0.2, 0) is 0 Å².